The summed E-state index contributed by atoms with van der Waals surface area (Å²) in [4.78, 5) is 38.2. The third-order valence-electron chi connectivity index (χ3n) is 12.6. The van der Waals surface area contributed by atoms with Crippen LogP contribution < -0.4 is 0 Å². The first-order valence-corrected chi connectivity index (χ1v) is 14.5. The van der Waals surface area contributed by atoms with Crippen LogP contribution in [0.15, 0.2) is 12.2 Å². The summed E-state index contributed by atoms with van der Waals surface area (Å²) in [6, 6.07) is 0. The fraction of sp³-hybridized carbons (Fsp3) is 0.833. The van der Waals surface area contributed by atoms with Gasteiger partial charge in [-0.2, -0.15) is 0 Å². The van der Waals surface area contributed by atoms with E-state index in [1.54, 1.807) is 13.0 Å². The normalized spacial score (nSPS) is 53.4. The molecule has 0 amide bonds. The number of allylic oxidation sites excluding steroid dienone is 1. The number of ether oxygens (including phenoxy) is 3. The first-order chi connectivity index (χ1) is 18.1. The van der Waals surface area contributed by atoms with Crippen molar-refractivity contribution in [1.82, 2.24) is 0 Å². The average molecular weight is 547 g/mol. The second-order valence-corrected chi connectivity index (χ2v) is 13.9. The Morgan fingerprint density at radius 2 is 1.87 bits per heavy atom. The van der Waals surface area contributed by atoms with Gasteiger partial charge >= 0.3 is 11.9 Å². The predicted octanol–water partition coefficient (Wildman–Crippen LogP) is 2.23. The van der Waals surface area contributed by atoms with Crippen molar-refractivity contribution in [3.05, 3.63) is 12.2 Å². The van der Waals surface area contributed by atoms with Gasteiger partial charge in [0.15, 0.2) is 5.78 Å². The molecule has 39 heavy (non-hydrogen) atoms. The van der Waals surface area contributed by atoms with E-state index in [9.17, 15) is 29.7 Å². The lowest BCUT2D eigenvalue weighted by atomic mass is 9.42. The number of aliphatic hydroxyl groups is 3. The van der Waals surface area contributed by atoms with Crippen LogP contribution in [0.4, 0.5) is 0 Å². The molecule has 3 saturated carbocycles. The standard InChI is InChI=1S/C30H42O9/c1-16-13-22(38-24(33)17(16)2)26(5,34)30(36)12-11-28(35)20-14-23-29(39-23)9-6-7-21(32)25(29,4)19(20)8-10-27(28,30)15-37-18(3)31/h6-7,16-17,19-20,22-23,34-36H,8-15H2,1-5H3/t16-,17-,19-,20+,22+,23+,25-,26-,27+,28+,29+,30+/m0/s1. The number of carbonyl (C=O) groups excluding carboxylic acids is 3. The van der Waals surface area contributed by atoms with Gasteiger partial charge in [-0.15, -0.1) is 0 Å². The number of ketones is 1. The molecule has 6 rings (SSSR count). The van der Waals surface area contributed by atoms with Crippen molar-refractivity contribution in [3.8, 4) is 0 Å². The summed E-state index contributed by atoms with van der Waals surface area (Å²) >= 11 is 0. The molecule has 2 aliphatic heterocycles. The van der Waals surface area contributed by atoms with Crippen LogP contribution in [0.25, 0.3) is 0 Å². The Hall–Kier alpha value is -1.81. The van der Waals surface area contributed by atoms with Crippen LogP contribution in [-0.4, -0.2) is 74.3 Å². The highest BCUT2D eigenvalue weighted by Gasteiger charge is 2.83. The minimum absolute atomic E-state index is 0.000448. The first-order valence-electron chi connectivity index (χ1n) is 14.5. The number of epoxide rings is 1. The van der Waals surface area contributed by atoms with E-state index in [0.717, 1.165) is 0 Å². The molecule has 2 heterocycles. The zero-order valence-corrected chi connectivity index (χ0v) is 23.6. The van der Waals surface area contributed by atoms with E-state index >= 15 is 0 Å². The number of hydrogen-bond acceptors (Lipinski definition) is 9. The number of hydrogen-bond donors (Lipinski definition) is 3. The third kappa shape index (κ3) is 3.08. The highest BCUT2D eigenvalue weighted by Crippen LogP contribution is 2.75. The SMILES string of the molecule is CC(=O)OC[C@]12CC[C@H]3[C@@H](C[C@H]4O[C@]45CC=CC(=O)[C@]35C)[C@]1(O)CC[C@@]2(O)[C@@](C)(O)[C@H]1C[C@H](C)[C@H](C)C(=O)O1. The van der Waals surface area contributed by atoms with Gasteiger partial charge in [-0.05, 0) is 82.6 Å². The van der Waals surface area contributed by atoms with Gasteiger partial charge in [-0.3, -0.25) is 14.4 Å². The average Bonchev–Trinajstić information content (AvgIpc) is 3.52. The van der Waals surface area contributed by atoms with Crippen LogP contribution in [0.5, 0.6) is 0 Å². The van der Waals surface area contributed by atoms with Crippen molar-refractivity contribution >= 4 is 17.7 Å². The second-order valence-electron chi connectivity index (χ2n) is 13.9. The van der Waals surface area contributed by atoms with Gasteiger partial charge in [0, 0.05) is 6.92 Å². The lowest BCUT2D eigenvalue weighted by molar-refractivity contribution is -0.300. The van der Waals surface area contributed by atoms with E-state index in [2.05, 4.69) is 0 Å². The van der Waals surface area contributed by atoms with E-state index in [-0.39, 0.29) is 55.5 Å². The highest BCUT2D eigenvalue weighted by molar-refractivity contribution is 5.97. The Balaban J connectivity index is 1.43. The van der Waals surface area contributed by atoms with Crippen molar-refractivity contribution in [2.45, 2.75) is 114 Å². The molecule has 0 aromatic rings. The maximum absolute atomic E-state index is 13.5. The molecule has 9 nitrogen and oxygen atoms in total. The van der Waals surface area contributed by atoms with E-state index in [1.807, 2.05) is 19.9 Å². The zero-order chi connectivity index (χ0) is 28.4. The minimum atomic E-state index is -1.93. The maximum atomic E-state index is 13.5. The first kappa shape index (κ1) is 27.4. The molecule has 4 aliphatic carbocycles. The lowest BCUT2D eigenvalue weighted by Gasteiger charge is -2.64. The van der Waals surface area contributed by atoms with Crippen molar-refractivity contribution in [2.75, 3.05) is 6.61 Å². The number of cyclic esters (lactones) is 1. The van der Waals surface area contributed by atoms with E-state index in [1.165, 1.54) is 13.8 Å². The van der Waals surface area contributed by atoms with Gasteiger partial charge in [0.2, 0.25) is 0 Å². The van der Waals surface area contributed by atoms with Crippen LogP contribution in [0, 0.1) is 34.5 Å². The van der Waals surface area contributed by atoms with Crippen molar-refractivity contribution < 1.29 is 43.9 Å². The van der Waals surface area contributed by atoms with E-state index in [4.69, 9.17) is 14.2 Å². The quantitative estimate of drug-likeness (QED) is 0.357. The molecule has 0 radical (unpaired) electrons. The fourth-order valence-corrected chi connectivity index (χ4v) is 9.87. The fourth-order valence-electron chi connectivity index (χ4n) is 9.87. The second kappa shape index (κ2) is 8.14. The zero-order valence-electron chi connectivity index (χ0n) is 23.6. The largest absolute Gasteiger partial charge is 0.465 e. The van der Waals surface area contributed by atoms with Crippen molar-refractivity contribution in [3.63, 3.8) is 0 Å². The number of fused-ring (bicyclic) bond motifs is 4. The lowest BCUT2D eigenvalue weighted by Crippen LogP contribution is -2.75. The summed E-state index contributed by atoms with van der Waals surface area (Å²) in [5.74, 6) is -2.01. The summed E-state index contributed by atoms with van der Waals surface area (Å²) in [5, 5.41) is 37.6. The highest BCUT2D eigenvalue weighted by atomic mass is 16.6. The number of rotatable bonds is 4. The van der Waals surface area contributed by atoms with Crippen molar-refractivity contribution in [2.24, 2.45) is 34.5 Å². The van der Waals surface area contributed by atoms with Gasteiger partial charge in [0.25, 0.3) is 0 Å². The number of carbonyl (C=O) groups is 3. The molecule has 9 heteroatoms. The Morgan fingerprint density at radius 3 is 2.54 bits per heavy atom. The summed E-state index contributed by atoms with van der Waals surface area (Å²) in [5.41, 5.74) is -8.23. The van der Waals surface area contributed by atoms with Gasteiger partial charge in [0.05, 0.1) is 28.5 Å². The summed E-state index contributed by atoms with van der Waals surface area (Å²) in [7, 11) is 0. The molecule has 216 valence electrons. The van der Waals surface area contributed by atoms with Crippen LogP contribution in [-0.2, 0) is 28.6 Å². The minimum Gasteiger partial charge on any atom is -0.465 e. The molecule has 3 N–H and O–H groups in total. The monoisotopic (exact) mass is 546 g/mol. The molecular formula is C30H42O9. The van der Waals surface area contributed by atoms with E-state index < -0.39 is 57.2 Å². The van der Waals surface area contributed by atoms with Crippen LogP contribution >= 0.6 is 0 Å². The number of esters is 2. The molecule has 1 spiro atoms. The van der Waals surface area contributed by atoms with Crippen LogP contribution in [0.3, 0.4) is 0 Å². The molecule has 5 fully saturated rings. The summed E-state index contributed by atoms with van der Waals surface area (Å²) in [6.45, 7) is 8.13. The molecular weight excluding hydrogens is 504 g/mol. The van der Waals surface area contributed by atoms with Gasteiger partial charge < -0.3 is 29.5 Å². The van der Waals surface area contributed by atoms with E-state index in [0.29, 0.717) is 25.7 Å². The van der Waals surface area contributed by atoms with Crippen LogP contribution in [0.1, 0.15) is 79.6 Å². The third-order valence-corrected chi connectivity index (χ3v) is 12.6. The Kier molecular flexibility index (Phi) is 5.71. The summed E-state index contributed by atoms with van der Waals surface area (Å²) < 4.78 is 17.6. The Labute approximate surface area is 229 Å². The van der Waals surface area contributed by atoms with Gasteiger partial charge in [0.1, 0.15) is 29.5 Å². The smallest absolute Gasteiger partial charge is 0.309 e. The molecule has 12 atom stereocenters. The maximum Gasteiger partial charge on any atom is 0.309 e. The van der Waals surface area contributed by atoms with Crippen LogP contribution in [0.2, 0.25) is 0 Å². The molecule has 6 aliphatic rings. The molecule has 0 unspecified atom stereocenters. The van der Waals surface area contributed by atoms with Gasteiger partial charge in [-0.25, -0.2) is 0 Å². The molecule has 0 bridgehead atoms. The van der Waals surface area contributed by atoms with Crippen molar-refractivity contribution in [1.29, 1.82) is 0 Å². The summed E-state index contributed by atoms with van der Waals surface area (Å²) in [6.07, 6.45) is 4.74. The predicted molar refractivity (Wildman–Crippen MR) is 137 cm³/mol. The molecule has 0 aromatic heterocycles. The topological polar surface area (TPSA) is 143 Å². The van der Waals surface area contributed by atoms with Gasteiger partial charge in [-0.1, -0.05) is 19.9 Å². The molecule has 2 saturated heterocycles. The Bertz CT molecular complexity index is 1150. The Morgan fingerprint density at radius 1 is 1.15 bits per heavy atom. The molecule has 0 aromatic carbocycles.